The predicted molar refractivity (Wildman–Crippen MR) is 117 cm³/mol. The lowest BCUT2D eigenvalue weighted by Gasteiger charge is -2.32. The third-order valence-corrected chi connectivity index (χ3v) is 5.76. The van der Waals surface area contributed by atoms with Gasteiger partial charge in [-0.15, -0.1) is 0 Å². The molecule has 5 rings (SSSR count). The second-order valence-corrected chi connectivity index (χ2v) is 8.11. The maximum absolute atomic E-state index is 13.5. The van der Waals surface area contributed by atoms with Crippen molar-refractivity contribution in [2.75, 3.05) is 11.4 Å². The summed E-state index contributed by atoms with van der Waals surface area (Å²) in [4.78, 5) is 33.2. The normalized spacial score (nSPS) is 16.0. The Balaban J connectivity index is 1.72. The Morgan fingerprint density at radius 3 is 2.45 bits per heavy atom. The van der Waals surface area contributed by atoms with Gasteiger partial charge in [-0.2, -0.15) is 4.98 Å². The van der Waals surface area contributed by atoms with E-state index in [1.165, 1.54) is 21.3 Å². The van der Waals surface area contributed by atoms with E-state index in [0.29, 0.717) is 29.2 Å². The van der Waals surface area contributed by atoms with Gasteiger partial charge >= 0.3 is 5.69 Å². The number of nitrogens with zero attached hydrogens (tertiary/aromatic N) is 5. The number of halogens is 1. The van der Waals surface area contributed by atoms with Crippen LogP contribution in [-0.4, -0.2) is 25.2 Å². The average Bonchev–Trinajstić information content (AvgIpc) is 3.16. The highest BCUT2D eigenvalue weighted by Crippen LogP contribution is 2.32. The van der Waals surface area contributed by atoms with E-state index in [0.717, 1.165) is 12.2 Å². The number of aromatic nitrogens is 4. The zero-order chi connectivity index (χ0) is 21.7. The van der Waals surface area contributed by atoms with Gasteiger partial charge in [0.15, 0.2) is 11.2 Å². The number of imidazole rings is 1. The van der Waals surface area contributed by atoms with E-state index in [-0.39, 0.29) is 23.8 Å². The first-order valence-electron chi connectivity index (χ1n) is 10.2. The molecule has 0 N–H and O–H groups in total. The first-order chi connectivity index (χ1) is 14.9. The van der Waals surface area contributed by atoms with Crippen molar-refractivity contribution in [3.8, 4) is 0 Å². The molecule has 0 bridgehead atoms. The number of para-hydroxylation sites is 1. The molecule has 0 saturated heterocycles. The number of anilines is 2. The summed E-state index contributed by atoms with van der Waals surface area (Å²) in [5.74, 6) is 0.581. The van der Waals surface area contributed by atoms with Gasteiger partial charge in [0.2, 0.25) is 5.95 Å². The highest BCUT2D eigenvalue weighted by molar-refractivity contribution is 5.77. The van der Waals surface area contributed by atoms with Crippen LogP contribution in [-0.2, 0) is 20.1 Å². The van der Waals surface area contributed by atoms with Crippen LogP contribution >= 0.6 is 0 Å². The average molecular weight is 419 g/mol. The maximum atomic E-state index is 13.5. The van der Waals surface area contributed by atoms with Gasteiger partial charge in [-0.05, 0) is 35.7 Å². The number of fused-ring (bicyclic) bond motifs is 3. The van der Waals surface area contributed by atoms with Gasteiger partial charge in [-0.3, -0.25) is 13.9 Å². The number of aryl methyl sites for hydroxylation is 1. The van der Waals surface area contributed by atoms with Crippen LogP contribution in [0.15, 0.2) is 64.2 Å². The lowest BCUT2D eigenvalue weighted by Crippen LogP contribution is -2.40. The molecule has 3 heterocycles. The van der Waals surface area contributed by atoms with Crippen molar-refractivity contribution >= 4 is 22.8 Å². The summed E-state index contributed by atoms with van der Waals surface area (Å²) >= 11 is 0. The standard InChI is InChI=1S/C23H22FN5O2/c1-15-12-27(18-6-4-3-5-7-18)22-25-20-19(28(22)13-15)21(30)29(23(31)26(20)2)14-16-8-10-17(24)11-9-16/h3-11,15H,12-14H2,1-2H3. The Hall–Kier alpha value is -3.68. The fourth-order valence-corrected chi connectivity index (χ4v) is 4.24. The second-order valence-electron chi connectivity index (χ2n) is 8.11. The Labute approximate surface area is 177 Å². The monoisotopic (exact) mass is 419 g/mol. The molecule has 0 amide bonds. The van der Waals surface area contributed by atoms with Gasteiger partial charge in [0.05, 0.1) is 6.54 Å². The molecule has 0 fully saturated rings. The highest BCUT2D eigenvalue weighted by Gasteiger charge is 2.29. The summed E-state index contributed by atoms with van der Waals surface area (Å²) in [6.45, 7) is 3.61. The zero-order valence-corrected chi connectivity index (χ0v) is 17.3. The largest absolute Gasteiger partial charge is 0.332 e. The van der Waals surface area contributed by atoms with Crippen LogP contribution in [0.3, 0.4) is 0 Å². The van der Waals surface area contributed by atoms with Gasteiger partial charge in [0, 0.05) is 25.8 Å². The molecule has 1 unspecified atom stereocenters. The number of hydrogen-bond acceptors (Lipinski definition) is 4. The molecule has 8 heteroatoms. The lowest BCUT2D eigenvalue weighted by atomic mass is 10.1. The lowest BCUT2D eigenvalue weighted by molar-refractivity contribution is 0.458. The van der Waals surface area contributed by atoms with E-state index in [2.05, 4.69) is 11.8 Å². The molecule has 31 heavy (non-hydrogen) atoms. The molecular weight excluding hydrogens is 397 g/mol. The van der Waals surface area contributed by atoms with Crippen LogP contribution in [0.4, 0.5) is 16.0 Å². The van der Waals surface area contributed by atoms with Gasteiger partial charge < -0.3 is 9.47 Å². The zero-order valence-electron chi connectivity index (χ0n) is 17.3. The molecule has 0 radical (unpaired) electrons. The third kappa shape index (κ3) is 3.15. The van der Waals surface area contributed by atoms with E-state index in [1.54, 1.807) is 19.2 Å². The summed E-state index contributed by atoms with van der Waals surface area (Å²) in [5.41, 5.74) is 1.61. The minimum Gasteiger partial charge on any atom is -0.312 e. The highest BCUT2D eigenvalue weighted by atomic mass is 19.1. The van der Waals surface area contributed by atoms with E-state index in [9.17, 15) is 14.0 Å². The summed E-state index contributed by atoms with van der Waals surface area (Å²) < 4.78 is 17.8. The number of hydrogen-bond donors (Lipinski definition) is 0. The van der Waals surface area contributed by atoms with Crippen LogP contribution in [0.1, 0.15) is 12.5 Å². The molecule has 1 aliphatic heterocycles. The quantitative estimate of drug-likeness (QED) is 0.512. The summed E-state index contributed by atoms with van der Waals surface area (Å²) in [6.07, 6.45) is 0. The van der Waals surface area contributed by atoms with Crippen LogP contribution < -0.4 is 16.1 Å². The molecule has 0 spiro atoms. The van der Waals surface area contributed by atoms with Crippen molar-refractivity contribution in [3.05, 3.63) is 86.8 Å². The first kappa shape index (κ1) is 19.3. The van der Waals surface area contributed by atoms with Crippen LogP contribution in [0, 0.1) is 11.7 Å². The van der Waals surface area contributed by atoms with Crippen molar-refractivity contribution in [3.63, 3.8) is 0 Å². The molecule has 158 valence electrons. The summed E-state index contributed by atoms with van der Waals surface area (Å²) in [5, 5.41) is 0. The summed E-state index contributed by atoms with van der Waals surface area (Å²) in [6, 6.07) is 15.7. The van der Waals surface area contributed by atoms with Crippen molar-refractivity contribution < 1.29 is 4.39 Å². The van der Waals surface area contributed by atoms with E-state index in [4.69, 9.17) is 4.98 Å². The van der Waals surface area contributed by atoms with Gasteiger partial charge in [-0.1, -0.05) is 37.3 Å². The second kappa shape index (κ2) is 7.23. The minimum atomic E-state index is -0.448. The van der Waals surface area contributed by atoms with Crippen LogP contribution in [0.25, 0.3) is 11.2 Å². The smallest absolute Gasteiger partial charge is 0.312 e. The SMILES string of the molecule is CC1CN(c2ccccc2)c2nc3c(c(=O)n(Cc4ccc(F)cc4)c(=O)n3C)n2C1. The van der Waals surface area contributed by atoms with E-state index < -0.39 is 5.69 Å². The minimum absolute atomic E-state index is 0.0696. The molecule has 0 saturated carbocycles. The Bertz CT molecular complexity index is 1390. The van der Waals surface area contributed by atoms with Gasteiger partial charge in [0.25, 0.3) is 5.56 Å². The first-order valence-corrected chi connectivity index (χ1v) is 10.2. The maximum Gasteiger partial charge on any atom is 0.332 e. The van der Waals surface area contributed by atoms with Crippen molar-refractivity contribution in [2.24, 2.45) is 13.0 Å². The van der Waals surface area contributed by atoms with E-state index in [1.807, 2.05) is 34.9 Å². The summed E-state index contributed by atoms with van der Waals surface area (Å²) in [7, 11) is 1.63. The number of benzene rings is 2. The van der Waals surface area contributed by atoms with Crippen LogP contribution in [0.5, 0.6) is 0 Å². The van der Waals surface area contributed by atoms with Crippen molar-refractivity contribution in [1.82, 2.24) is 18.7 Å². The molecule has 0 aliphatic carbocycles. The molecule has 4 aromatic rings. The molecular formula is C23H22FN5O2. The molecule has 7 nitrogen and oxygen atoms in total. The van der Waals surface area contributed by atoms with Crippen molar-refractivity contribution in [2.45, 2.75) is 20.0 Å². The predicted octanol–water partition coefficient (Wildman–Crippen LogP) is 2.87. The fourth-order valence-electron chi connectivity index (χ4n) is 4.24. The Morgan fingerprint density at radius 1 is 1.03 bits per heavy atom. The van der Waals surface area contributed by atoms with E-state index >= 15 is 0 Å². The topological polar surface area (TPSA) is 65.1 Å². The van der Waals surface area contributed by atoms with Gasteiger partial charge in [0.1, 0.15) is 5.82 Å². The molecule has 2 aromatic heterocycles. The Morgan fingerprint density at radius 2 is 1.74 bits per heavy atom. The molecule has 1 aliphatic rings. The molecule has 2 aromatic carbocycles. The van der Waals surface area contributed by atoms with Gasteiger partial charge in [-0.25, -0.2) is 9.18 Å². The number of rotatable bonds is 3. The Kier molecular flexibility index (Phi) is 4.50. The van der Waals surface area contributed by atoms with Crippen molar-refractivity contribution in [1.29, 1.82) is 0 Å². The van der Waals surface area contributed by atoms with Crippen LogP contribution in [0.2, 0.25) is 0 Å². The molecule has 1 atom stereocenters. The fraction of sp³-hybridized carbons (Fsp3) is 0.261. The third-order valence-electron chi connectivity index (χ3n) is 5.76.